The first-order chi connectivity index (χ1) is 17.8. The number of ketones is 1. The van der Waals surface area contributed by atoms with Crippen molar-refractivity contribution >= 4 is 23.5 Å². The first kappa shape index (κ1) is 27.1. The van der Waals surface area contributed by atoms with Gasteiger partial charge >= 0.3 is 5.97 Å². The van der Waals surface area contributed by atoms with E-state index >= 15 is 0 Å². The predicted molar refractivity (Wildman–Crippen MR) is 145 cm³/mol. The summed E-state index contributed by atoms with van der Waals surface area (Å²) in [5, 5.41) is 3.69. The second-order valence-corrected chi connectivity index (χ2v) is 11.1. The van der Waals surface area contributed by atoms with E-state index in [1.165, 1.54) is 18.9 Å². The molecule has 1 aliphatic carbocycles. The number of carbonyl (C=O) groups is 2. The second-order valence-electron chi connectivity index (χ2n) is 9.56. The van der Waals surface area contributed by atoms with Crippen LogP contribution in [0.3, 0.4) is 0 Å². The van der Waals surface area contributed by atoms with E-state index in [4.69, 9.17) is 18.9 Å². The molecule has 1 N–H and O–H groups in total. The van der Waals surface area contributed by atoms with Crippen LogP contribution in [0.1, 0.15) is 32.3 Å². The third-order valence-corrected chi connectivity index (χ3v) is 8.02. The molecule has 0 bridgehead atoms. The number of thioether (sulfide) groups is 1. The SMILES string of the molecule is COC(=O)[C@H](Cc1cc(OC)c(-c2ccccc2)c(OC)c1)NC1=C(SC(C)C)C(=O)C12CCOCC2. The fourth-order valence-electron chi connectivity index (χ4n) is 5.07. The van der Waals surface area contributed by atoms with E-state index in [9.17, 15) is 9.59 Å². The maximum atomic E-state index is 13.3. The molecule has 0 aromatic heterocycles. The fraction of sp³-hybridized carbons (Fsp3) is 0.448. The molecule has 1 aliphatic heterocycles. The minimum atomic E-state index is -0.687. The summed E-state index contributed by atoms with van der Waals surface area (Å²) in [5.74, 6) is 1.06. The van der Waals surface area contributed by atoms with Gasteiger partial charge in [0.2, 0.25) is 0 Å². The molecule has 198 valence electrons. The highest BCUT2D eigenvalue weighted by molar-refractivity contribution is 8.04. The van der Waals surface area contributed by atoms with Crippen molar-refractivity contribution in [3.63, 3.8) is 0 Å². The van der Waals surface area contributed by atoms with E-state index in [2.05, 4.69) is 19.2 Å². The largest absolute Gasteiger partial charge is 0.496 e. The van der Waals surface area contributed by atoms with Crippen LogP contribution >= 0.6 is 11.8 Å². The van der Waals surface area contributed by atoms with Gasteiger partial charge in [-0.15, -0.1) is 11.8 Å². The lowest BCUT2D eigenvalue weighted by molar-refractivity contribution is -0.143. The average Bonchev–Trinajstić information content (AvgIpc) is 2.93. The van der Waals surface area contributed by atoms with Crippen LogP contribution in [-0.4, -0.2) is 57.6 Å². The number of rotatable bonds is 10. The monoisotopic (exact) mass is 525 g/mol. The van der Waals surface area contributed by atoms with Crippen molar-refractivity contribution in [3.8, 4) is 22.6 Å². The van der Waals surface area contributed by atoms with Crippen molar-refractivity contribution in [2.45, 2.75) is 44.4 Å². The third-order valence-electron chi connectivity index (χ3n) is 6.92. The standard InChI is InChI=1S/C29H35NO6S/c1-18(2)37-25-26(29(27(25)31)11-13-36-14-12-29)30-21(28(32)35-5)15-19-16-22(33-3)24(23(17-19)34-4)20-9-7-6-8-10-20/h6-10,16-18,21,30H,11-15H2,1-5H3/t21-/m0/s1. The number of esters is 1. The maximum Gasteiger partial charge on any atom is 0.328 e. The zero-order chi connectivity index (χ0) is 26.6. The Morgan fingerprint density at radius 3 is 2.22 bits per heavy atom. The van der Waals surface area contributed by atoms with Gasteiger partial charge in [0.05, 0.1) is 37.2 Å². The number of ether oxygens (including phenoxy) is 4. The van der Waals surface area contributed by atoms with Gasteiger partial charge in [0.15, 0.2) is 5.78 Å². The number of hydrogen-bond donors (Lipinski definition) is 1. The zero-order valence-corrected chi connectivity index (χ0v) is 22.9. The molecular weight excluding hydrogens is 490 g/mol. The van der Waals surface area contributed by atoms with Crippen molar-refractivity contribution in [1.29, 1.82) is 0 Å². The Morgan fingerprint density at radius 2 is 1.68 bits per heavy atom. The van der Waals surface area contributed by atoms with Crippen LogP contribution in [0.5, 0.6) is 11.5 Å². The third kappa shape index (κ3) is 5.36. The highest BCUT2D eigenvalue weighted by atomic mass is 32.2. The van der Waals surface area contributed by atoms with E-state index in [1.807, 2.05) is 42.5 Å². The van der Waals surface area contributed by atoms with Gasteiger partial charge in [-0.3, -0.25) is 4.79 Å². The van der Waals surface area contributed by atoms with Crippen LogP contribution in [-0.2, 0) is 25.5 Å². The average molecular weight is 526 g/mol. The van der Waals surface area contributed by atoms with Gasteiger partial charge in [0.25, 0.3) is 0 Å². The Balaban J connectivity index is 1.69. The molecule has 1 spiro atoms. The summed E-state index contributed by atoms with van der Waals surface area (Å²) in [4.78, 5) is 27.0. The minimum Gasteiger partial charge on any atom is -0.496 e. The Kier molecular flexibility index (Phi) is 8.49. The Labute approximate surface area is 222 Å². The first-order valence-corrected chi connectivity index (χ1v) is 13.4. The molecule has 37 heavy (non-hydrogen) atoms. The molecule has 1 fully saturated rings. The highest BCUT2D eigenvalue weighted by Crippen LogP contribution is 2.53. The summed E-state index contributed by atoms with van der Waals surface area (Å²) >= 11 is 1.54. The van der Waals surface area contributed by atoms with Crippen molar-refractivity contribution in [1.82, 2.24) is 5.32 Å². The molecule has 2 aromatic rings. The molecule has 1 saturated heterocycles. The molecule has 2 aliphatic rings. The number of hydrogen-bond acceptors (Lipinski definition) is 8. The predicted octanol–water partition coefficient (Wildman–Crippen LogP) is 4.78. The topological polar surface area (TPSA) is 83.1 Å². The van der Waals surface area contributed by atoms with Crippen LogP contribution in [0.25, 0.3) is 11.1 Å². The van der Waals surface area contributed by atoms with Crippen LogP contribution in [0.15, 0.2) is 53.1 Å². The lowest BCUT2D eigenvalue weighted by atomic mass is 9.65. The first-order valence-electron chi connectivity index (χ1n) is 12.5. The van der Waals surface area contributed by atoms with Gasteiger partial charge < -0.3 is 24.3 Å². The molecular formula is C29H35NO6S. The van der Waals surface area contributed by atoms with E-state index in [0.29, 0.717) is 48.9 Å². The molecule has 0 amide bonds. The van der Waals surface area contributed by atoms with Crippen LogP contribution in [0.4, 0.5) is 0 Å². The van der Waals surface area contributed by atoms with Crippen molar-refractivity contribution in [2.75, 3.05) is 34.5 Å². The van der Waals surface area contributed by atoms with Gasteiger partial charge in [-0.1, -0.05) is 44.2 Å². The van der Waals surface area contributed by atoms with Gasteiger partial charge in [0.1, 0.15) is 17.5 Å². The molecule has 0 saturated carbocycles. The number of Topliss-reactive ketones (excluding diaryl/α,β-unsaturated/α-hetero) is 1. The van der Waals surface area contributed by atoms with Crippen molar-refractivity contribution < 1.29 is 28.5 Å². The summed E-state index contributed by atoms with van der Waals surface area (Å²) in [6.45, 7) is 5.16. The van der Waals surface area contributed by atoms with E-state index < -0.39 is 17.4 Å². The maximum absolute atomic E-state index is 13.3. The van der Waals surface area contributed by atoms with Gasteiger partial charge in [-0.05, 0) is 36.1 Å². The molecule has 2 aromatic carbocycles. The van der Waals surface area contributed by atoms with Crippen LogP contribution in [0.2, 0.25) is 0 Å². The van der Waals surface area contributed by atoms with E-state index in [0.717, 1.165) is 22.4 Å². The fourth-order valence-corrected chi connectivity index (χ4v) is 6.21. The quantitative estimate of drug-likeness (QED) is 0.444. The van der Waals surface area contributed by atoms with Gasteiger partial charge in [-0.2, -0.15) is 0 Å². The van der Waals surface area contributed by atoms with Crippen molar-refractivity contribution in [2.24, 2.45) is 5.41 Å². The normalized spacial score (nSPS) is 17.4. The summed E-state index contributed by atoms with van der Waals surface area (Å²) in [7, 11) is 4.62. The molecule has 7 nitrogen and oxygen atoms in total. The van der Waals surface area contributed by atoms with Crippen molar-refractivity contribution in [3.05, 3.63) is 58.6 Å². The molecule has 1 heterocycles. The summed E-state index contributed by atoms with van der Waals surface area (Å²) in [6.07, 6.45) is 1.55. The smallest absolute Gasteiger partial charge is 0.328 e. The molecule has 4 rings (SSSR count). The number of benzene rings is 2. The summed E-state index contributed by atoms with van der Waals surface area (Å²) in [5.41, 5.74) is 2.89. The Morgan fingerprint density at radius 1 is 1.05 bits per heavy atom. The second kappa shape index (κ2) is 11.6. The van der Waals surface area contributed by atoms with E-state index in [-0.39, 0.29) is 11.0 Å². The van der Waals surface area contributed by atoms with Gasteiger partial charge in [-0.25, -0.2) is 4.79 Å². The molecule has 1 atom stereocenters. The Hall–Kier alpha value is -2.97. The summed E-state index contributed by atoms with van der Waals surface area (Å²) < 4.78 is 22.2. The van der Waals surface area contributed by atoms with Crippen LogP contribution < -0.4 is 14.8 Å². The lowest BCUT2D eigenvalue weighted by Gasteiger charge is -2.47. The number of nitrogens with one attached hydrogen (secondary N) is 1. The van der Waals surface area contributed by atoms with Gasteiger partial charge in [0, 0.05) is 30.6 Å². The molecule has 8 heteroatoms. The molecule has 0 unspecified atom stereocenters. The zero-order valence-electron chi connectivity index (χ0n) is 22.1. The van der Waals surface area contributed by atoms with E-state index in [1.54, 1.807) is 14.2 Å². The number of carbonyl (C=O) groups excluding carboxylic acids is 2. The molecule has 0 radical (unpaired) electrons. The minimum absolute atomic E-state index is 0.149. The summed E-state index contributed by atoms with van der Waals surface area (Å²) in [6, 6.07) is 13.1. The number of allylic oxidation sites excluding steroid dienone is 2. The highest BCUT2D eigenvalue weighted by Gasteiger charge is 2.55. The lowest BCUT2D eigenvalue weighted by Crippen LogP contribution is -2.55. The number of methoxy groups -OCH3 is 3. The van der Waals surface area contributed by atoms with Crippen LogP contribution in [0, 0.1) is 5.41 Å². The Bertz CT molecular complexity index is 1150.